The van der Waals surface area contributed by atoms with E-state index in [0.29, 0.717) is 0 Å². The minimum atomic E-state index is -0.957. The van der Waals surface area contributed by atoms with E-state index in [1.165, 1.54) is 0 Å². The molecule has 0 aliphatic heterocycles. The van der Waals surface area contributed by atoms with E-state index in [1.54, 1.807) is 14.2 Å². The SMILES string of the molecule is COc1ccc(C(OC)C(C)NC(=O)NCCC(=O)O)cc1. The summed E-state index contributed by atoms with van der Waals surface area (Å²) in [7, 11) is 3.16. The Morgan fingerprint density at radius 3 is 2.36 bits per heavy atom. The molecule has 1 aromatic carbocycles. The maximum atomic E-state index is 11.7. The zero-order valence-corrected chi connectivity index (χ0v) is 13.0. The fraction of sp³-hybridized carbons (Fsp3) is 0.467. The highest BCUT2D eigenvalue weighted by Gasteiger charge is 2.20. The first-order valence-electron chi connectivity index (χ1n) is 6.90. The van der Waals surface area contributed by atoms with E-state index >= 15 is 0 Å². The predicted octanol–water partition coefficient (Wildman–Crippen LogP) is 1.55. The van der Waals surface area contributed by atoms with Crippen molar-refractivity contribution >= 4 is 12.0 Å². The summed E-state index contributed by atoms with van der Waals surface area (Å²) >= 11 is 0. The monoisotopic (exact) mass is 310 g/mol. The van der Waals surface area contributed by atoms with Gasteiger partial charge in [-0.15, -0.1) is 0 Å². The molecule has 7 nitrogen and oxygen atoms in total. The minimum absolute atomic E-state index is 0.0775. The van der Waals surface area contributed by atoms with Gasteiger partial charge in [0.05, 0.1) is 19.6 Å². The van der Waals surface area contributed by atoms with Crippen LogP contribution in [0.4, 0.5) is 4.79 Å². The molecule has 1 aromatic rings. The van der Waals surface area contributed by atoms with Crippen LogP contribution >= 0.6 is 0 Å². The van der Waals surface area contributed by atoms with Crippen LogP contribution in [0.1, 0.15) is 25.0 Å². The van der Waals surface area contributed by atoms with Gasteiger partial charge in [-0.3, -0.25) is 4.79 Å². The van der Waals surface area contributed by atoms with Gasteiger partial charge in [-0.1, -0.05) is 12.1 Å². The molecule has 22 heavy (non-hydrogen) atoms. The number of carboxylic acids is 1. The number of rotatable bonds is 8. The van der Waals surface area contributed by atoms with Crippen molar-refractivity contribution in [2.45, 2.75) is 25.5 Å². The molecule has 0 aromatic heterocycles. The third kappa shape index (κ3) is 5.61. The Balaban J connectivity index is 2.57. The molecule has 0 aliphatic rings. The Bertz CT molecular complexity index is 489. The van der Waals surface area contributed by atoms with E-state index in [4.69, 9.17) is 14.6 Å². The molecule has 0 spiro atoms. The van der Waals surface area contributed by atoms with Crippen molar-refractivity contribution in [3.05, 3.63) is 29.8 Å². The predicted molar refractivity (Wildman–Crippen MR) is 81.0 cm³/mol. The molecule has 2 atom stereocenters. The Morgan fingerprint density at radius 1 is 1.23 bits per heavy atom. The molecule has 3 N–H and O–H groups in total. The lowest BCUT2D eigenvalue weighted by Gasteiger charge is -2.24. The van der Waals surface area contributed by atoms with Gasteiger partial charge in [0.15, 0.2) is 0 Å². The standard InChI is InChI=1S/C15H22N2O5/c1-10(17-15(20)16-9-8-13(18)19)14(22-3)11-4-6-12(21-2)7-5-11/h4-7,10,14H,8-9H2,1-3H3,(H,18,19)(H2,16,17,20). The molecule has 2 unspecified atom stereocenters. The van der Waals surface area contributed by atoms with Gasteiger partial charge < -0.3 is 25.2 Å². The molecule has 7 heteroatoms. The van der Waals surface area contributed by atoms with Crippen LogP contribution in [0, 0.1) is 0 Å². The molecule has 0 heterocycles. The first-order chi connectivity index (χ1) is 10.5. The zero-order valence-electron chi connectivity index (χ0n) is 13.0. The van der Waals surface area contributed by atoms with Crippen LogP contribution in [0.5, 0.6) is 5.75 Å². The normalized spacial score (nSPS) is 13.0. The average Bonchev–Trinajstić information content (AvgIpc) is 2.48. The fourth-order valence-electron chi connectivity index (χ4n) is 2.04. The van der Waals surface area contributed by atoms with Gasteiger partial charge in [0.1, 0.15) is 11.9 Å². The molecule has 0 saturated heterocycles. The van der Waals surface area contributed by atoms with Crippen molar-refractivity contribution in [1.29, 1.82) is 0 Å². The van der Waals surface area contributed by atoms with Crippen LogP contribution in [0.2, 0.25) is 0 Å². The average molecular weight is 310 g/mol. The van der Waals surface area contributed by atoms with Crippen molar-refractivity contribution in [3.63, 3.8) is 0 Å². The van der Waals surface area contributed by atoms with Crippen molar-refractivity contribution in [2.24, 2.45) is 0 Å². The highest BCUT2D eigenvalue weighted by molar-refractivity contribution is 5.75. The number of nitrogens with one attached hydrogen (secondary N) is 2. The third-order valence-electron chi connectivity index (χ3n) is 3.14. The topological polar surface area (TPSA) is 96.9 Å². The molecule has 0 radical (unpaired) electrons. The lowest BCUT2D eigenvalue weighted by molar-refractivity contribution is -0.136. The summed E-state index contributed by atoms with van der Waals surface area (Å²) in [5.74, 6) is -0.216. The van der Waals surface area contributed by atoms with Crippen LogP contribution < -0.4 is 15.4 Å². The Kier molecular flexibility index (Phi) is 7.18. The maximum absolute atomic E-state index is 11.7. The largest absolute Gasteiger partial charge is 0.497 e. The number of methoxy groups -OCH3 is 2. The summed E-state index contributed by atoms with van der Waals surface area (Å²) in [6, 6.07) is 6.66. The van der Waals surface area contributed by atoms with E-state index in [9.17, 15) is 9.59 Å². The molecule has 0 aliphatic carbocycles. The van der Waals surface area contributed by atoms with Crippen LogP contribution in [-0.4, -0.2) is 43.9 Å². The molecule has 122 valence electrons. The third-order valence-corrected chi connectivity index (χ3v) is 3.14. The number of ether oxygens (including phenoxy) is 2. The van der Waals surface area contributed by atoms with E-state index in [2.05, 4.69) is 10.6 Å². The van der Waals surface area contributed by atoms with Crippen molar-refractivity contribution in [3.8, 4) is 5.75 Å². The first-order valence-corrected chi connectivity index (χ1v) is 6.90. The lowest BCUT2D eigenvalue weighted by Crippen LogP contribution is -2.44. The lowest BCUT2D eigenvalue weighted by atomic mass is 10.0. The Labute approximate surface area is 129 Å². The zero-order chi connectivity index (χ0) is 16.5. The number of benzene rings is 1. The summed E-state index contributed by atoms with van der Waals surface area (Å²) < 4.78 is 10.5. The van der Waals surface area contributed by atoms with Gasteiger partial charge in [0.25, 0.3) is 0 Å². The van der Waals surface area contributed by atoms with Gasteiger partial charge in [0, 0.05) is 13.7 Å². The molecule has 0 fully saturated rings. The van der Waals surface area contributed by atoms with Crippen molar-refractivity contribution in [1.82, 2.24) is 10.6 Å². The summed E-state index contributed by atoms with van der Waals surface area (Å²) in [4.78, 5) is 22.1. The summed E-state index contributed by atoms with van der Waals surface area (Å²) in [5.41, 5.74) is 0.904. The smallest absolute Gasteiger partial charge is 0.315 e. The number of carbonyl (C=O) groups excluding carboxylic acids is 1. The maximum Gasteiger partial charge on any atom is 0.315 e. The van der Waals surface area contributed by atoms with E-state index in [0.717, 1.165) is 11.3 Å². The number of hydrogen-bond donors (Lipinski definition) is 3. The van der Waals surface area contributed by atoms with Crippen LogP contribution in [0.15, 0.2) is 24.3 Å². The molecular formula is C15H22N2O5. The Hall–Kier alpha value is -2.28. The fourth-order valence-corrected chi connectivity index (χ4v) is 2.04. The second kappa shape index (κ2) is 8.89. The minimum Gasteiger partial charge on any atom is -0.497 e. The first kappa shape index (κ1) is 17.8. The van der Waals surface area contributed by atoms with Gasteiger partial charge in [0.2, 0.25) is 0 Å². The van der Waals surface area contributed by atoms with E-state index < -0.39 is 12.0 Å². The van der Waals surface area contributed by atoms with E-state index in [1.807, 2.05) is 31.2 Å². The summed E-state index contributed by atoms with van der Waals surface area (Å²) in [6.45, 7) is 1.89. The number of carbonyl (C=O) groups is 2. The van der Waals surface area contributed by atoms with Gasteiger partial charge >= 0.3 is 12.0 Å². The number of hydrogen-bond acceptors (Lipinski definition) is 4. The Morgan fingerprint density at radius 2 is 1.86 bits per heavy atom. The van der Waals surface area contributed by atoms with Crippen LogP contribution in [0.25, 0.3) is 0 Å². The number of carboxylic acid groups (broad SMARTS) is 1. The van der Waals surface area contributed by atoms with Gasteiger partial charge in [-0.25, -0.2) is 4.79 Å². The van der Waals surface area contributed by atoms with Crippen molar-refractivity contribution < 1.29 is 24.2 Å². The molecule has 0 saturated carbocycles. The molecule has 1 rings (SSSR count). The highest BCUT2D eigenvalue weighted by atomic mass is 16.5. The van der Waals surface area contributed by atoms with Gasteiger partial charge in [-0.2, -0.15) is 0 Å². The summed E-state index contributed by atoms with van der Waals surface area (Å²) in [5, 5.41) is 13.7. The van der Waals surface area contributed by atoms with Crippen LogP contribution in [-0.2, 0) is 9.53 Å². The van der Waals surface area contributed by atoms with Crippen molar-refractivity contribution in [2.75, 3.05) is 20.8 Å². The number of aliphatic carboxylic acids is 1. The number of urea groups is 1. The molecule has 0 bridgehead atoms. The van der Waals surface area contributed by atoms with E-state index in [-0.39, 0.29) is 25.1 Å². The highest BCUT2D eigenvalue weighted by Crippen LogP contribution is 2.23. The van der Waals surface area contributed by atoms with Crippen LogP contribution in [0.3, 0.4) is 0 Å². The quantitative estimate of drug-likeness (QED) is 0.677. The summed E-state index contributed by atoms with van der Waals surface area (Å²) in [6.07, 6.45) is -0.440. The molecule has 2 amide bonds. The molecular weight excluding hydrogens is 288 g/mol. The number of amides is 2. The second-order valence-electron chi connectivity index (χ2n) is 4.76. The second-order valence-corrected chi connectivity index (χ2v) is 4.76. The van der Waals surface area contributed by atoms with Gasteiger partial charge in [-0.05, 0) is 24.6 Å².